The van der Waals surface area contributed by atoms with E-state index in [0.717, 1.165) is 0 Å². The van der Waals surface area contributed by atoms with E-state index in [2.05, 4.69) is 0 Å². The maximum Gasteiger partial charge on any atom is 0.312 e. The van der Waals surface area contributed by atoms with Crippen molar-refractivity contribution in [2.24, 2.45) is 5.41 Å². The Balaban J connectivity index is 2.61. The highest BCUT2D eigenvalue weighted by Crippen LogP contribution is 2.23. The molecule has 0 N–H and O–H groups in total. The summed E-state index contributed by atoms with van der Waals surface area (Å²) in [5.41, 5.74) is -0.615. The molecule has 0 saturated carbocycles. The van der Waals surface area contributed by atoms with Crippen LogP contribution in [-0.4, -0.2) is 57.5 Å². The summed E-state index contributed by atoms with van der Waals surface area (Å²) in [5.74, 6) is 0.173. The van der Waals surface area contributed by atoms with E-state index in [0.29, 0.717) is 13.0 Å². The van der Waals surface area contributed by atoms with Gasteiger partial charge in [-0.05, 0) is 27.3 Å². The second-order valence-corrected chi connectivity index (χ2v) is 7.58. The lowest BCUT2D eigenvalue weighted by Crippen LogP contribution is -2.43. The van der Waals surface area contributed by atoms with Crippen LogP contribution in [0.15, 0.2) is 0 Å². The molecule has 0 bridgehead atoms. The van der Waals surface area contributed by atoms with Crippen LogP contribution < -0.4 is 0 Å². The molecule has 1 aliphatic heterocycles. The average molecular weight is 263 g/mol. The monoisotopic (exact) mass is 263 g/mol. The zero-order valence-electron chi connectivity index (χ0n) is 10.9. The smallest absolute Gasteiger partial charge is 0.312 e. The Labute approximate surface area is 103 Å². The molecule has 1 atom stereocenters. The average Bonchev–Trinajstić information content (AvgIpc) is 2.57. The van der Waals surface area contributed by atoms with E-state index in [1.54, 1.807) is 13.8 Å². The molecule has 0 spiro atoms. The predicted octanol–water partition coefficient (Wildman–Crippen LogP) is 0.305. The van der Waals surface area contributed by atoms with Gasteiger partial charge in [0.25, 0.3) is 0 Å². The Morgan fingerprint density at radius 2 is 2.06 bits per heavy atom. The number of hydrogen-bond donors (Lipinski definition) is 0. The molecular weight excluding hydrogens is 242 g/mol. The van der Waals surface area contributed by atoms with Gasteiger partial charge in [0.2, 0.25) is 0 Å². The Morgan fingerprint density at radius 1 is 1.47 bits per heavy atom. The van der Waals surface area contributed by atoms with Crippen LogP contribution in [0.3, 0.4) is 0 Å². The molecule has 17 heavy (non-hydrogen) atoms. The number of ether oxygens (including phenoxy) is 1. The first kappa shape index (κ1) is 14.4. The first-order chi connectivity index (χ1) is 7.68. The van der Waals surface area contributed by atoms with Crippen molar-refractivity contribution in [3.8, 4) is 0 Å². The standard InChI is InChI=1S/C11H21NO4S/c1-11(2,10(13)16-4)8-12(3)9-5-6-17(14,15)7-9/h9H,5-8H2,1-4H3. The van der Waals surface area contributed by atoms with E-state index < -0.39 is 15.3 Å². The molecule has 6 heteroatoms. The van der Waals surface area contributed by atoms with E-state index in [9.17, 15) is 13.2 Å². The van der Waals surface area contributed by atoms with Gasteiger partial charge in [-0.2, -0.15) is 0 Å². The third-order valence-corrected chi connectivity index (χ3v) is 4.96. The van der Waals surface area contributed by atoms with Crippen molar-refractivity contribution in [1.82, 2.24) is 4.90 Å². The highest BCUT2D eigenvalue weighted by atomic mass is 32.2. The Morgan fingerprint density at radius 3 is 2.47 bits per heavy atom. The lowest BCUT2D eigenvalue weighted by molar-refractivity contribution is -0.151. The lowest BCUT2D eigenvalue weighted by atomic mass is 9.92. The van der Waals surface area contributed by atoms with Gasteiger partial charge in [-0.25, -0.2) is 8.42 Å². The summed E-state index contributed by atoms with van der Waals surface area (Å²) in [7, 11) is 0.343. The van der Waals surface area contributed by atoms with Crippen molar-refractivity contribution in [1.29, 1.82) is 0 Å². The zero-order valence-corrected chi connectivity index (χ0v) is 11.7. The second-order valence-electron chi connectivity index (χ2n) is 5.35. The largest absolute Gasteiger partial charge is 0.469 e. The van der Waals surface area contributed by atoms with Crippen LogP contribution in [0.4, 0.5) is 0 Å². The molecule has 0 radical (unpaired) electrons. The first-order valence-electron chi connectivity index (χ1n) is 5.67. The zero-order chi connectivity index (χ0) is 13.3. The SMILES string of the molecule is COC(=O)C(C)(C)CN(C)C1CCS(=O)(=O)C1. The van der Waals surface area contributed by atoms with Gasteiger partial charge in [-0.1, -0.05) is 0 Å². The van der Waals surface area contributed by atoms with Crippen LogP contribution in [-0.2, 0) is 19.4 Å². The van der Waals surface area contributed by atoms with Gasteiger partial charge < -0.3 is 9.64 Å². The van der Waals surface area contributed by atoms with Crippen LogP contribution in [0.5, 0.6) is 0 Å². The van der Waals surface area contributed by atoms with E-state index in [-0.39, 0.29) is 23.5 Å². The van der Waals surface area contributed by atoms with Gasteiger partial charge in [-0.3, -0.25) is 4.79 Å². The van der Waals surface area contributed by atoms with Crippen LogP contribution in [0.25, 0.3) is 0 Å². The summed E-state index contributed by atoms with van der Waals surface area (Å²) in [5, 5.41) is 0. The Kier molecular flexibility index (Phi) is 4.19. The first-order valence-corrected chi connectivity index (χ1v) is 7.49. The number of hydrogen-bond acceptors (Lipinski definition) is 5. The van der Waals surface area contributed by atoms with Crippen LogP contribution in [0.2, 0.25) is 0 Å². The van der Waals surface area contributed by atoms with Crippen molar-refractivity contribution in [3.05, 3.63) is 0 Å². The topological polar surface area (TPSA) is 63.7 Å². The summed E-state index contributed by atoms with van der Waals surface area (Å²) in [6, 6.07) is 0.0175. The fraction of sp³-hybridized carbons (Fsp3) is 0.909. The van der Waals surface area contributed by atoms with Gasteiger partial charge in [-0.15, -0.1) is 0 Å². The number of nitrogens with zero attached hydrogens (tertiary/aromatic N) is 1. The summed E-state index contributed by atoms with van der Waals surface area (Å²) in [6.45, 7) is 4.11. The third-order valence-electron chi connectivity index (χ3n) is 3.21. The normalized spacial score (nSPS) is 23.9. The maximum atomic E-state index is 11.5. The second kappa shape index (κ2) is 4.94. The number of rotatable bonds is 4. The number of sulfone groups is 1. The molecule has 1 unspecified atom stereocenters. The molecule has 5 nitrogen and oxygen atoms in total. The molecule has 0 aliphatic carbocycles. The van der Waals surface area contributed by atoms with Crippen molar-refractivity contribution in [2.45, 2.75) is 26.3 Å². The van der Waals surface area contributed by atoms with Gasteiger partial charge in [0.1, 0.15) is 0 Å². The van der Waals surface area contributed by atoms with E-state index in [1.807, 2.05) is 11.9 Å². The fourth-order valence-electron chi connectivity index (χ4n) is 2.22. The molecule has 0 aromatic carbocycles. The van der Waals surface area contributed by atoms with Crippen LogP contribution in [0, 0.1) is 5.41 Å². The molecule has 1 saturated heterocycles. The van der Waals surface area contributed by atoms with Crippen molar-refractivity contribution < 1.29 is 17.9 Å². The quantitative estimate of drug-likeness (QED) is 0.683. The summed E-state index contributed by atoms with van der Waals surface area (Å²) >= 11 is 0. The number of methoxy groups -OCH3 is 1. The number of carbonyl (C=O) groups excluding carboxylic acids is 1. The van der Waals surface area contributed by atoms with Gasteiger partial charge in [0.05, 0.1) is 24.0 Å². The van der Waals surface area contributed by atoms with Crippen LogP contribution >= 0.6 is 0 Å². The number of carbonyl (C=O) groups is 1. The van der Waals surface area contributed by atoms with Gasteiger partial charge in [0, 0.05) is 12.6 Å². The van der Waals surface area contributed by atoms with E-state index in [4.69, 9.17) is 4.74 Å². The third kappa shape index (κ3) is 3.67. The highest BCUT2D eigenvalue weighted by Gasteiger charge is 2.36. The molecule has 0 aromatic rings. The molecule has 1 rings (SSSR count). The minimum Gasteiger partial charge on any atom is -0.469 e. The van der Waals surface area contributed by atoms with E-state index in [1.165, 1.54) is 7.11 Å². The number of esters is 1. The Hall–Kier alpha value is -0.620. The van der Waals surface area contributed by atoms with Crippen molar-refractivity contribution in [2.75, 3.05) is 32.2 Å². The van der Waals surface area contributed by atoms with Crippen molar-refractivity contribution in [3.63, 3.8) is 0 Å². The highest BCUT2D eigenvalue weighted by molar-refractivity contribution is 7.91. The van der Waals surface area contributed by atoms with Gasteiger partial charge in [0.15, 0.2) is 9.84 Å². The Bertz CT molecular complexity index is 388. The van der Waals surface area contributed by atoms with Crippen molar-refractivity contribution >= 4 is 15.8 Å². The predicted molar refractivity (Wildman–Crippen MR) is 65.5 cm³/mol. The maximum absolute atomic E-state index is 11.5. The molecular formula is C11H21NO4S. The summed E-state index contributed by atoms with van der Waals surface area (Å²) in [4.78, 5) is 13.5. The fourth-order valence-corrected chi connectivity index (χ4v) is 4.02. The van der Waals surface area contributed by atoms with E-state index >= 15 is 0 Å². The van der Waals surface area contributed by atoms with Crippen LogP contribution in [0.1, 0.15) is 20.3 Å². The molecule has 0 amide bonds. The molecule has 1 fully saturated rings. The minimum atomic E-state index is -2.88. The minimum absolute atomic E-state index is 0.0175. The molecule has 1 aliphatic rings. The summed E-state index contributed by atoms with van der Waals surface area (Å²) in [6.07, 6.45) is 0.649. The molecule has 1 heterocycles. The van der Waals surface area contributed by atoms with Gasteiger partial charge >= 0.3 is 5.97 Å². The molecule has 0 aromatic heterocycles. The lowest BCUT2D eigenvalue weighted by Gasteiger charge is -2.31. The molecule has 100 valence electrons. The summed E-state index contributed by atoms with van der Waals surface area (Å²) < 4.78 is 27.5.